The van der Waals surface area contributed by atoms with Gasteiger partial charge in [0.2, 0.25) is 5.91 Å². The van der Waals surface area contributed by atoms with E-state index < -0.39 is 0 Å². The highest BCUT2D eigenvalue weighted by atomic mass is 35.5. The number of carbonyl (C=O) groups excluding carboxylic acids is 1. The molecule has 0 unspecified atom stereocenters. The summed E-state index contributed by atoms with van der Waals surface area (Å²) >= 11 is 13.4. The summed E-state index contributed by atoms with van der Waals surface area (Å²) in [6.45, 7) is 0. The number of amidine groups is 1. The third kappa shape index (κ3) is 4.54. The average molecular weight is 394 g/mol. The number of hydrogen-bond donors (Lipinski definition) is 2. The van der Waals surface area contributed by atoms with E-state index >= 15 is 0 Å². The van der Waals surface area contributed by atoms with Crippen LogP contribution in [-0.4, -0.2) is 27.6 Å². The second-order valence-corrected chi connectivity index (χ2v) is 7.28. The first-order valence-corrected chi connectivity index (χ1v) is 8.97. The normalized spacial score (nSPS) is 18.9. The van der Waals surface area contributed by atoms with Gasteiger partial charge in [-0.15, -0.1) is 5.10 Å². The third-order valence-corrected chi connectivity index (χ3v) is 5.15. The highest BCUT2D eigenvalue weighted by Gasteiger charge is 2.31. The van der Waals surface area contributed by atoms with E-state index in [4.69, 9.17) is 23.2 Å². The predicted molar refractivity (Wildman–Crippen MR) is 103 cm³/mol. The lowest BCUT2D eigenvalue weighted by molar-refractivity contribution is -0.118. The van der Waals surface area contributed by atoms with Gasteiger partial charge in [-0.3, -0.25) is 4.79 Å². The van der Waals surface area contributed by atoms with Crippen LogP contribution >= 0.6 is 35.0 Å². The van der Waals surface area contributed by atoms with Gasteiger partial charge in [-0.25, -0.2) is 0 Å². The van der Waals surface area contributed by atoms with E-state index in [0.29, 0.717) is 27.2 Å². The van der Waals surface area contributed by atoms with Gasteiger partial charge in [-0.05, 0) is 42.3 Å². The van der Waals surface area contributed by atoms with Crippen LogP contribution in [0.4, 0.5) is 0 Å². The molecule has 2 aromatic rings. The standard InChI is InChI=1S/C17H13Cl2N3O2S/c18-12-5-6-13(19)11(7-12)8-15-16(24)21-17(25-15)22-20-9-10-3-1-2-4-14(10)23/h1-7,9,15,23H,8H2,(H,21,22,24)/b20-9+/t15-/m0/s1. The van der Waals surface area contributed by atoms with Crippen molar-refractivity contribution in [3.63, 3.8) is 0 Å². The smallest absolute Gasteiger partial charge is 0.239 e. The number of phenols is 1. The van der Waals surface area contributed by atoms with E-state index in [0.717, 1.165) is 5.56 Å². The molecule has 3 rings (SSSR count). The molecule has 0 saturated carbocycles. The van der Waals surface area contributed by atoms with Crippen LogP contribution in [0.15, 0.2) is 52.7 Å². The number of para-hydroxylation sites is 1. The Morgan fingerprint density at radius 2 is 2.04 bits per heavy atom. The molecule has 128 valence electrons. The van der Waals surface area contributed by atoms with Crippen molar-refractivity contribution in [3.05, 3.63) is 63.6 Å². The largest absolute Gasteiger partial charge is 0.507 e. The van der Waals surface area contributed by atoms with E-state index in [1.54, 1.807) is 42.5 Å². The van der Waals surface area contributed by atoms with E-state index in [2.05, 4.69) is 15.5 Å². The summed E-state index contributed by atoms with van der Waals surface area (Å²) in [6.07, 6.45) is 1.87. The minimum absolute atomic E-state index is 0.114. The maximum absolute atomic E-state index is 12.1. The summed E-state index contributed by atoms with van der Waals surface area (Å²) < 4.78 is 0. The number of aromatic hydroxyl groups is 1. The fourth-order valence-electron chi connectivity index (χ4n) is 2.23. The number of carbonyl (C=O) groups is 1. The van der Waals surface area contributed by atoms with Gasteiger partial charge in [0.05, 0.1) is 11.5 Å². The van der Waals surface area contributed by atoms with E-state index in [1.807, 2.05) is 0 Å². The van der Waals surface area contributed by atoms with Crippen LogP contribution in [0.5, 0.6) is 5.75 Å². The zero-order valence-electron chi connectivity index (χ0n) is 12.8. The van der Waals surface area contributed by atoms with Crippen LogP contribution in [-0.2, 0) is 11.2 Å². The molecule has 1 amide bonds. The summed E-state index contributed by atoms with van der Waals surface area (Å²) in [5.74, 6) is -0.0411. The number of nitrogens with one attached hydrogen (secondary N) is 1. The highest BCUT2D eigenvalue weighted by molar-refractivity contribution is 8.15. The molecular formula is C17H13Cl2N3O2S. The molecule has 25 heavy (non-hydrogen) atoms. The van der Waals surface area contributed by atoms with Gasteiger partial charge < -0.3 is 10.4 Å². The maximum atomic E-state index is 12.1. The first kappa shape index (κ1) is 17.8. The molecule has 1 heterocycles. The number of rotatable bonds is 4. The first-order valence-electron chi connectivity index (χ1n) is 7.33. The molecule has 1 atom stereocenters. The number of nitrogens with zero attached hydrogens (tertiary/aromatic N) is 2. The van der Waals surface area contributed by atoms with Crippen LogP contribution in [0.3, 0.4) is 0 Å². The Morgan fingerprint density at radius 1 is 1.24 bits per heavy atom. The van der Waals surface area contributed by atoms with Gasteiger partial charge in [-0.1, -0.05) is 47.1 Å². The average Bonchev–Trinajstić information content (AvgIpc) is 2.92. The van der Waals surface area contributed by atoms with Crippen molar-refractivity contribution in [2.24, 2.45) is 10.2 Å². The summed E-state index contributed by atoms with van der Waals surface area (Å²) in [4.78, 5) is 12.1. The van der Waals surface area contributed by atoms with Gasteiger partial charge in [0.25, 0.3) is 0 Å². The van der Waals surface area contributed by atoms with Gasteiger partial charge in [-0.2, -0.15) is 5.10 Å². The lowest BCUT2D eigenvalue weighted by Crippen LogP contribution is -2.26. The second kappa shape index (κ2) is 7.91. The van der Waals surface area contributed by atoms with E-state index in [1.165, 1.54) is 18.0 Å². The van der Waals surface area contributed by atoms with Crippen LogP contribution in [0.2, 0.25) is 10.0 Å². The molecule has 5 nitrogen and oxygen atoms in total. The van der Waals surface area contributed by atoms with E-state index in [-0.39, 0.29) is 16.9 Å². The molecule has 2 aromatic carbocycles. The minimum Gasteiger partial charge on any atom is -0.507 e. The fraction of sp³-hybridized carbons (Fsp3) is 0.118. The molecule has 0 radical (unpaired) electrons. The number of benzene rings is 2. The van der Waals surface area contributed by atoms with Crippen molar-refractivity contribution in [1.82, 2.24) is 5.32 Å². The van der Waals surface area contributed by atoms with Crippen molar-refractivity contribution in [1.29, 1.82) is 0 Å². The molecule has 1 aliphatic heterocycles. The predicted octanol–water partition coefficient (Wildman–Crippen LogP) is 3.86. The Labute approximate surface area is 158 Å². The molecule has 1 saturated heterocycles. The Kier molecular flexibility index (Phi) is 5.63. The van der Waals surface area contributed by atoms with Gasteiger partial charge in [0.1, 0.15) is 5.75 Å². The molecular weight excluding hydrogens is 381 g/mol. The van der Waals surface area contributed by atoms with Crippen molar-refractivity contribution >= 4 is 52.3 Å². The maximum Gasteiger partial charge on any atom is 0.239 e. The van der Waals surface area contributed by atoms with Gasteiger partial charge in [0.15, 0.2) is 5.17 Å². The lowest BCUT2D eigenvalue weighted by atomic mass is 10.1. The molecule has 1 fully saturated rings. The minimum atomic E-state index is -0.352. The van der Waals surface area contributed by atoms with Crippen molar-refractivity contribution in [3.8, 4) is 5.75 Å². The van der Waals surface area contributed by atoms with Crippen LogP contribution in [0.1, 0.15) is 11.1 Å². The summed E-state index contributed by atoms with van der Waals surface area (Å²) in [5.41, 5.74) is 1.35. The summed E-state index contributed by atoms with van der Waals surface area (Å²) in [6, 6.07) is 11.9. The lowest BCUT2D eigenvalue weighted by Gasteiger charge is -2.07. The molecule has 0 aromatic heterocycles. The Hall–Kier alpha value is -2.02. The number of phenolic OH excluding ortho intramolecular Hbond substituents is 1. The van der Waals surface area contributed by atoms with Gasteiger partial charge in [0, 0.05) is 15.6 Å². The molecule has 0 spiro atoms. The second-order valence-electron chi connectivity index (χ2n) is 5.24. The quantitative estimate of drug-likeness (QED) is 0.611. The Balaban J connectivity index is 1.68. The topological polar surface area (TPSA) is 74.0 Å². The Morgan fingerprint density at radius 3 is 2.84 bits per heavy atom. The van der Waals surface area contributed by atoms with Gasteiger partial charge >= 0.3 is 0 Å². The van der Waals surface area contributed by atoms with E-state index in [9.17, 15) is 9.90 Å². The third-order valence-electron chi connectivity index (χ3n) is 3.47. The molecule has 0 bridgehead atoms. The van der Waals surface area contributed by atoms with Crippen LogP contribution < -0.4 is 5.32 Å². The van der Waals surface area contributed by atoms with Crippen LogP contribution in [0.25, 0.3) is 0 Å². The van der Waals surface area contributed by atoms with Crippen molar-refractivity contribution in [2.75, 3.05) is 0 Å². The number of hydrogen-bond acceptors (Lipinski definition) is 5. The molecule has 2 N–H and O–H groups in total. The summed E-state index contributed by atoms with van der Waals surface area (Å²) in [7, 11) is 0. The molecule has 8 heteroatoms. The molecule has 1 aliphatic rings. The van der Waals surface area contributed by atoms with Crippen LogP contribution in [0, 0.1) is 0 Å². The van der Waals surface area contributed by atoms with Crippen molar-refractivity contribution < 1.29 is 9.90 Å². The SMILES string of the molecule is O=C1N/C(=N\N=C\c2ccccc2O)S[C@H]1Cc1cc(Cl)ccc1Cl. The number of thioether (sulfide) groups is 1. The monoisotopic (exact) mass is 393 g/mol. The zero-order chi connectivity index (χ0) is 17.8. The highest BCUT2D eigenvalue weighted by Crippen LogP contribution is 2.28. The molecule has 0 aliphatic carbocycles. The first-order chi connectivity index (χ1) is 12.0. The van der Waals surface area contributed by atoms with Crippen molar-refractivity contribution in [2.45, 2.75) is 11.7 Å². The number of halogens is 2. The Bertz CT molecular complexity index is 871. The fourth-order valence-corrected chi connectivity index (χ4v) is 3.57. The zero-order valence-corrected chi connectivity index (χ0v) is 15.1. The summed E-state index contributed by atoms with van der Waals surface area (Å²) in [5, 5.41) is 21.4. The number of amides is 1.